The smallest absolute Gasteiger partial charge is 0.00270 e. The fourth-order valence-electron chi connectivity index (χ4n) is 1.41. The van der Waals surface area contributed by atoms with Gasteiger partial charge < -0.3 is 10.6 Å². The van der Waals surface area contributed by atoms with Gasteiger partial charge in [0, 0.05) is 6.54 Å². The minimum Gasteiger partial charge on any atom is -0.330 e. The van der Waals surface area contributed by atoms with Crippen molar-refractivity contribution in [2.24, 2.45) is 11.1 Å². The molecule has 0 aromatic rings. The molecule has 0 aliphatic carbocycles. The van der Waals surface area contributed by atoms with E-state index in [1.54, 1.807) is 0 Å². The second-order valence-electron chi connectivity index (χ2n) is 4.79. The molecule has 0 aliphatic heterocycles. The molecule has 0 aromatic heterocycles. The summed E-state index contributed by atoms with van der Waals surface area (Å²) in [6.07, 6.45) is 2.37. The molecule has 0 aromatic carbocycles. The van der Waals surface area contributed by atoms with E-state index in [0.717, 1.165) is 19.5 Å². The standard InChI is InChI=1S/C10H24N2/c1-10(2,3)9-12(4)8-6-5-7-11/h5-9,11H2,1-4H3. The minimum atomic E-state index is 0.414. The van der Waals surface area contributed by atoms with E-state index in [9.17, 15) is 0 Å². The molecule has 12 heavy (non-hydrogen) atoms. The Labute approximate surface area is 77.1 Å². The van der Waals surface area contributed by atoms with E-state index in [2.05, 4.69) is 32.7 Å². The lowest BCUT2D eigenvalue weighted by atomic mass is 9.96. The predicted molar refractivity (Wildman–Crippen MR) is 55.2 cm³/mol. The van der Waals surface area contributed by atoms with Gasteiger partial charge in [0.2, 0.25) is 0 Å². The summed E-state index contributed by atoms with van der Waals surface area (Å²) in [7, 11) is 2.18. The van der Waals surface area contributed by atoms with E-state index in [4.69, 9.17) is 5.73 Å². The van der Waals surface area contributed by atoms with Crippen LogP contribution in [0, 0.1) is 5.41 Å². The highest BCUT2D eigenvalue weighted by molar-refractivity contribution is 4.66. The zero-order valence-corrected chi connectivity index (χ0v) is 9.06. The monoisotopic (exact) mass is 172 g/mol. The van der Waals surface area contributed by atoms with Crippen LogP contribution in [0.2, 0.25) is 0 Å². The Kier molecular flexibility index (Phi) is 5.51. The Hall–Kier alpha value is -0.0800. The van der Waals surface area contributed by atoms with E-state index in [0.29, 0.717) is 5.41 Å². The van der Waals surface area contributed by atoms with Crippen LogP contribution < -0.4 is 5.73 Å². The third-order valence-corrected chi connectivity index (χ3v) is 1.74. The highest BCUT2D eigenvalue weighted by Crippen LogP contribution is 2.14. The molecule has 0 saturated heterocycles. The van der Waals surface area contributed by atoms with E-state index < -0.39 is 0 Å². The molecule has 0 rings (SSSR count). The van der Waals surface area contributed by atoms with Crippen molar-refractivity contribution in [3.05, 3.63) is 0 Å². The summed E-state index contributed by atoms with van der Waals surface area (Å²) >= 11 is 0. The Bertz CT molecular complexity index is 105. The molecule has 0 heterocycles. The van der Waals surface area contributed by atoms with Crippen LogP contribution in [0.25, 0.3) is 0 Å². The van der Waals surface area contributed by atoms with Crippen molar-refractivity contribution in [2.45, 2.75) is 33.6 Å². The summed E-state index contributed by atoms with van der Waals surface area (Å²) in [5.74, 6) is 0. The number of rotatable bonds is 5. The van der Waals surface area contributed by atoms with Crippen molar-refractivity contribution in [2.75, 3.05) is 26.7 Å². The highest BCUT2D eigenvalue weighted by atomic mass is 15.1. The van der Waals surface area contributed by atoms with Gasteiger partial charge in [-0.2, -0.15) is 0 Å². The van der Waals surface area contributed by atoms with Crippen LogP contribution in [-0.4, -0.2) is 31.6 Å². The summed E-state index contributed by atoms with van der Waals surface area (Å²) in [5, 5.41) is 0. The lowest BCUT2D eigenvalue weighted by Gasteiger charge is -2.26. The molecule has 2 heteroatoms. The fourth-order valence-corrected chi connectivity index (χ4v) is 1.41. The maximum Gasteiger partial charge on any atom is 0.00270 e. The van der Waals surface area contributed by atoms with Gasteiger partial charge in [0.05, 0.1) is 0 Å². The average molecular weight is 172 g/mol. The highest BCUT2D eigenvalue weighted by Gasteiger charge is 2.12. The second-order valence-corrected chi connectivity index (χ2v) is 4.79. The van der Waals surface area contributed by atoms with Gasteiger partial charge in [-0.1, -0.05) is 20.8 Å². The van der Waals surface area contributed by atoms with Crippen molar-refractivity contribution >= 4 is 0 Å². The Morgan fingerprint density at radius 2 is 1.75 bits per heavy atom. The SMILES string of the molecule is CN(CCCCN)CC(C)(C)C. The van der Waals surface area contributed by atoms with Crippen LogP contribution in [0.15, 0.2) is 0 Å². The largest absolute Gasteiger partial charge is 0.330 e. The third kappa shape index (κ3) is 8.02. The van der Waals surface area contributed by atoms with Gasteiger partial charge in [0.15, 0.2) is 0 Å². The van der Waals surface area contributed by atoms with Gasteiger partial charge in [-0.05, 0) is 38.4 Å². The number of nitrogens with zero attached hydrogens (tertiary/aromatic N) is 1. The van der Waals surface area contributed by atoms with E-state index >= 15 is 0 Å². The van der Waals surface area contributed by atoms with Crippen LogP contribution in [0.3, 0.4) is 0 Å². The molecular formula is C10H24N2. The maximum atomic E-state index is 5.42. The summed E-state index contributed by atoms with van der Waals surface area (Å²) < 4.78 is 0. The van der Waals surface area contributed by atoms with Gasteiger partial charge in [-0.3, -0.25) is 0 Å². The third-order valence-electron chi connectivity index (χ3n) is 1.74. The van der Waals surface area contributed by atoms with E-state index in [1.165, 1.54) is 13.0 Å². The summed E-state index contributed by atoms with van der Waals surface area (Å²) in [6.45, 7) is 9.97. The van der Waals surface area contributed by atoms with Gasteiger partial charge in [-0.15, -0.1) is 0 Å². The average Bonchev–Trinajstić information content (AvgIpc) is 1.84. The Morgan fingerprint density at radius 1 is 1.17 bits per heavy atom. The van der Waals surface area contributed by atoms with Gasteiger partial charge in [0.1, 0.15) is 0 Å². The molecule has 0 saturated carbocycles. The molecule has 0 spiro atoms. The molecule has 0 aliphatic rings. The predicted octanol–water partition coefficient (Wildman–Crippen LogP) is 1.70. The molecule has 0 atom stereocenters. The summed E-state index contributed by atoms with van der Waals surface area (Å²) in [5.41, 5.74) is 5.84. The summed E-state index contributed by atoms with van der Waals surface area (Å²) in [6, 6.07) is 0. The zero-order valence-electron chi connectivity index (χ0n) is 9.06. The van der Waals surface area contributed by atoms with Crippen LogP contribution in [0.4, 0.5) is 0 Å². The second kappa shape index (κ2) is 5.55. The number of hydrogen-bond donors (Lipinski definition) is 1. The van der Waals surface area contributed by atoms with Crippen molar-refractivity contribution in [1.82, 2.24) is 4.90 Å². The molecule has 0 radical (unpaired) electrons. The topological polar surface area (TPSA) is 29.3 Å². The molecular weight excluding hydrogens is 148 g/mol. The first-order valence-corrected chi connectivity index (χ1v) is 4.84. The van der Waals surface area contributed by atoms with Crippen LogP contribution in [0.1, 0.15) is 33.6 Å². The normalized spacial score (nSPS) is 12.5. The molecule has 0 amide bonds. The lowest BCUT2D eigenvalue weighted by molar-refractivity contribution is 0.224. The fraction of sp³-hybridized carbons (Fsp3) is 1.00. The molecule has 0 fully saturated rings. The Morgan fingerprint density at radius 3 is 2.17 bits per heavy atom. The molecule has 74 valence electrons. The number of nitrogens with two attached hydrogens (primary N) is 1. The van der Waals surface area contributed by atoms with E-state index in [-0.39, 0.29) is 0 Å². The summed E-state index contributed by atoms with van der Waals surface area (Å²) in [4.78, 5) is 2.38. The number of unbranched alkanes of at least 4 members (excludes halogenated alkanes) is 1. The number of hydrogen-bond acceptors (Lipinski definition) is 2. The first-order chi connectivity index (χ1) is 5.45. The lowest BCUT2D eigenvalue weighted by Crippen LogP contribution is -2.30. The van der Waals surface area contributed by atoms with Gasteiger partial charge in [0.25, 0.3) is 0 Å². The first-order valence-electron chi connectivity index (χ1n) is 4.84. The van der Waals surface area contributed by atoms with Crippen LogP contribution in [-0.2, 0) is 0 Å². The van der Waals surface area contributed by atoms with Crippen LogP contribution in [0.5, 0.6) is 0 Å². The van der Waals surface area contributed by atoms with Crippen molar-refractivity contribution in [1.29, 1.82) is 0 Å². The molecule has 2 nitrogen and oxygen atoms in total. The molecule has 2 N–H and O–H groups in total. The quantitative estimate of drug-likeness (QED) is 0.640. The molecule has 0 bridgehead atoms. The van der Waals surface area contributed by atoms with Gasteiger partial charge in [-0.25, -0.2) is 0 Å². The molecule has 0 unspecified atom stereocenters. The minimum absolute atomic E-state index is 0.414. The van der Waals surface area contributed by atoms with Crippen LogP contribution >= 0.6 is 0 Å². The van der Waals surface area contributed by atoms with Gasteiger partial charge >= 0.3 is 0 Å². The van der Waals surface area contributed by atoms with Crippen molar-refractivity contribution < 1.29 is 0 Å². The maximum absolute atomic E-state index is 5.42. The first kappa shape index (κ1) is 11.9. The van der Waals surface area contributed by atoms with E-state index in [1.807, 2.05) is 0 Å². The van der Waals surface area contributed by atoms with Crippen molar-refractivity contribution in [3.8, 4) is 0 Å². The zero-order chi connectivity index (χ0) is 9.61. The van der Waals surface area contributed by atoms with Crippen molar-refractivity contribution in [3.63, 3.8) is 0 Å². The Balaban J connectivity index is 3.40.